The van der Waals surface area contributed by atoms with Crippen LogP contribution in [0, 0.1) is 0 Å². The van der Waals surface area contributed by atoms with Crippen molar-refractivity contribution in [2.45, 2.75) is 18.6 Å². The highest BCUT2D eigenvalue weighted by molar-refractivity contribution is 7.99. The largest absolute Gasteiger partial charge is 0.484 e. The van der Waals surface area contributed by atoms with Crippen LogP contribution in [0.5, 0.6) is 5.75 Å². The fourth-order valence-electron chi connectivity index (χ4n) is 1.59. The van der Waals surface area contributed by atoms with E-state index in [9.17, 15) is 9.59 Å². The van der Waals surface area contributed by atoms with Crippen molar-refractivity contribution in [3.05, 3.63) is 35.6 Å². The molecule has 0 spiro atoms. The summed E-state index contributed by atoms with van der Waals surface area (Å²) >= 11 is 6.98. The second-order valence-electron chi connectivity index (χ2n) is 4.53. The first-order chi connectivity index (χ1) is 11.6. The maximum atomic E-state index is 11.7. The summed E-state index contributed by atoms with van der Waals surface area (Å²) in [6.07, 6.45) is 1.59. The molecular weight excluding hydrogens is 354 g/mol. The first kappa shape index (κ1) is 18.1. The zero-order chi connectivity index (χ0) is 17.4. The Bertz CT molecular complexity index is 692. The van der Waals surface area contributed by atoms with Crippen molar-refractivity contribution < 1.29 is 14.3 Å². The molecule has 0 radical (unpaired) electrons. The molecule has 0 saturated heterocycles. The molecule has 10 heteroatoms. The number of carbonyl (C=O) groups excluding carboxylic acids is 2. The van der Waals surface area contributed by atoms with Crippen LogP contribution in [0.1, 0.15) is 6.92 Å². The molecule has 2 N–H and O–H groups in total. The van der Waals surface area contributed by atoms with Gasteiger partial charge in [-0.25, -0.2) is 0 Å². The van der Waals surface area contributed by atoms with Crippen LogP contribution in [0.25, 0.3) is 0 Å². The van der Waals surface area contributed by atoms with Gasteiger partial charge in [0.25, 0.3) is 5.91 Å². The minimum atomic E-state index is -0.472. The summed E-state index contributed by atoms with van der Waals surface area (Å²) in [6, 6.07) is 6.61. The molecule has 1 aromatic carbocycles. The van der Waals surface area contributed by atoms with E-state index < -0.39 is 5.91 Å². The van der Waals surface area contributed by atoms with E-state index in [1.54, 1.807) is 30.6 Å². The van der Waals surface area contributed by atoms with Gasteiger partial charge in [-0.3, -0.25) is 20.4 Å². The minimum Gasteiger partial charge on any atom is -0.484 e. The van der Waals surface area contributed by atoms with Crippen LogP contribution < -0.4 is 15.6 Å². The number of carbonyl (C=O) groups is 2. The van der Waals surface area contributed by atoms with Gasteiger partial charge in [-0.1, -0.05) is 23.4 Å². The Morgan fingerprint density at radius 2 is 1.96 bits per heavy atom. The van der Waals surface area contributed by atoms with Crippen molar-refractivity contribution in [1.29, 1.82) is 0 Å². The lowest BCUT2D eigenvalue weighted by molar-refractivity contribution is -0.128. The molecule has 0 bridgehead atoms. The number of thioether (sulfide) groups is 1. The van der Waals surface area contributed by atoms with Crippen LogP contribution in [0.4, 0.5) is 0 Å². The third-order valence-corrected chi connectivity index (χ3v) is 4.01. The standard InChI is InChI=1S/C14H16ClN5O3S/c1-2-20-9-16-19-14(20)24-8-13(22)18-17-12(21)7-23-11-5-3-10(15)4-6-11/h3-6,9H,2,7-8H2,1H3,(H,17,21)(H,18,22). The van der Waals surface area contributed by atoms with Gasteiger partial charge in [0.1, 0.15) is 12.1 Å². The Morgan fingerprint density at radius 1 is 1.25 bits per heavy atom. The van der Waals surface area contributed by atoms with Gasteiger partial charge in [-0.05, 0) is 31.2 Å². The quantitative estimate of drug-likeness (QED) is 0.563. The molecule has 2 aromatic rings. The van der Waals surface area contributed by atoms with E-state index in [0.717, 1.165) is 6.54 Å². The lowest BCUT2D eigenvalue weighted by Gasteiger charge is -2.08. The number of nitrogens with zero attached hydrogens (tertiary/aromatic N) is 3. The molecule has 2 rings (SSSR count). The molecule has 0 aliphatic heterocycles. The molecule has 8 nitrogen and oxygen atoms in total. The molecule has 0 aliphatic rings. The zero-order valence-electron chi connectivity index (χ0n) is 12.9. The van der Waals surface area contributed by atoms with Crippen molar-refractivity contribution in [1.82, 2.24) is 25.6 Å². The molecular formula is C14H16ClN5O3S. The Kier molecular flexibility index (Phi) is 6.89. The molecule has 1 heterocycles. The Hall–Kier alpha value is -2.26. The van der Waals surface area contributed by atoms with Crippen LogP contribution >= 0.6 is 23.4 Å². The highest BCUT2D eigenvalue weighted by Crippen LogP contribution is 2.15. The summed E-state index contributed by atoms with van der Waals surface area (Å²) in [5, 5.41) is 8.89. The van der Waals surface area contributed by atoms with Crippen LogP contribution in [0.2, 0.25) is 5.02 Å². The van der Waals surface area contributed by atoms with Gasteiger partial charge in [0.2, 0.25) is 5.91 Å². The first-order valence-corrected chi connectivity index (χ1v) is 8.41. The van der Waals surface area contributed by atoms with Gasteiger partial charge >= 0.3 is 0 Å². The Morgan fingerprint density at radius 3 is 2.67 bits per heavy atom. The number of amides is 2. The molecule has 2 amide bonds. The van der Waals surface area contributed by atoms with E-state index in [1.807, 2.05) is 11.5 Å². The van der Waals surface area contributed by atoms with Gasteiger partial charge in [-0.2, -0.15) is 0 Å². The zero-order valence-corrected chi connectivity index (χ0v) is 14.4. The first-order valence-electron chi connectivity index (χ1n) is 7.05. The van der Waals surface area contributed by atoms with Gasteiger partial charge in [0.15, 0.2) is 11.8 Å². The number of nitrogens with one attached hydrogen (secondary N) is 2. The maximum Gasteiger partial charge on any atom is 0.276 e. The van der Waals surface area contributed by atoms with Crippen molar-refractivity contribution in [2.24, 2.45) is 0 Å². The number of benzene rings is 1. The number of hydrogen-bond donors (Lipinski definition) is 2. The van der Waals surface area contributed by atoms with Gasteiger partial charge < -0.3 is 9.30 Å². The van der Waals surface area contributed by atoms with E-state index in [-0.39, 0.29) is 18.3 Å². The number of aromatic nitrogens is 3. The maximum absolute atomic E-state index is 11.7. The average Bonchev–Trinajstić information content (AvgIpc) is 3.05. The molecule has 1 aromatic heterocycles. The molecule has 0 fully saturated rings. The molecule has 24 heavy (non-hydrogen) atoms. The fraction of sp³-hybridized carbons (Fsp3) is 0.286. The van der Waals surface area contributed by atoms with E-state index in [1.165, 1.54) is 11.8 Å². The lowest BCUT2D eigenvalue weighted by Crippen LogP contribution is -2.44. The summed E-state index contributed by atoms with van der Waals surface area (Å²) in [7, 11) is 0. The normalized spacial score (nSPS) is 10.2. The van der Waals surface area contributed by atoms with Crippen molar-refractivity contribution in [3.63, 3.8) is 0 Å². The average molecular weight is 370 g/mol. The number of hydrogen-bond acceptors (Lipinski definition) is 6. The van der Waals surface area contributed by atoms with Crippen LogP contribution in [0.15, 0.2) is 35.7 Å². The predicted octanol–water partition coefficient (Wildman–Crippen LogP) is 1.27. The number of hydrazine groups is 1. The number of ether oxygens (including phenoxy) is 1. The second-order valence-corrected chi connectivity index (χ2v) is 5.91. The number of halogens is 1. The molecule has 128 valence electrons. The Balaban J connectivity index is 1.65. The van der Waals surface area contributed by atoms with Crippen LogP contribution in [-0.4, -0.2) is 38.9 Å². The Labute approximate surface area is 147 Å². The lowest BCUT2D eigenvalue weighted by atomic mass is 10.3. The number of aryl methyl sites for hydroxylation is 1. The highest BCUT2D eigenvalue weighted by atomic mass is 35.5. The molecule has 0 unspecified atom stereocenters. The van der Waals surface area contributed by atoms with E-state index >= 15 is 0 Å². The second kappa shape index (κ2) is 9.14. The van der Waals surface area contributed by atoms with E-state index in [4.69, 9.17) is 16.3 Å². The molecule has 0 saturated carbocycles. The summed E-state index contributed by atoms with van der Waals surface area (Å²) in [5.74, 6) is -0.211. The monoisotopic (exact) mass is 369 g/mol. The van der Waals surface area contributed by atoms with E-state index in [0.29, 0.717) is 15.9 Å². The van der Waals surface area contributed by atoms with Crippen molar-refractivity contribution in [3.8, 4) is 5.75 Å². The summed E-state index contributed by atoms with van der Waals surface area (Å²) < 4.78 is 7.07. The minimum absolute atomic E-state index is 0.108. The predicted molar refractivity (Wildman–Crippen MR) is 89.7 cm³/mol. The van der Waals surface area contributed by atoms with Crippen molar-refractivity contribution in [2.75, 3.05) is 12.4 Å². The van der Waals surface area contributed by atoms with E-state index in [2.05, 4.69) is 21.0 Å². The van der Waals surface area contributed by atoms with Crippen LogP contribution in [-0.2, 0) is 16.1 Å². The molecule has 0 aliphatic carbocycles. The third-order valence-electron chi connectivity index (χ3n) is 2.78. The van der Waals surface area contributed by atoms with Crippen molar-refractivity contribution >= 4 is 35.2 Å². The van der Waals surface area contributed by atoms with Gasteiger partial charge in [0.05, 0.1) is 5.75 Å². The SMILES string of the molecule is CCn1cnnc1SCC(=O)NNC(=O)COc1ccc(Cl)cc1. The fourth-order valence-corrected chi connectivity index (χ4v) is 2.50. The topological polar surface area (TPSA) is 98.1 Å². The van der Waals surface area contributed by atoms with Gasteiger partial charge in [-0.15, -0.1) is 10.2 Å². The third kappa shape index (κ3) is 5.74. The van der Waals surface area contributed by atoms with Gasteiger partial charge in [0, 0.05) is 11.6 Å². The summed E-state index contributed by atoms with van der Waals surface area (Å²) in [6.45, 7) is 2.45. The summed E-state index contributed by atoms with van der Waals surface area (Å²) in [5.41, 5.74) is 4.59. The molecule has 0 atom stereocenters. The van der Waals surface area contributed by atoms with Crippen LogP contribution in [0.3, 0.4) is 0 Å². The smallest absolute Gasteiger partial charge is 0.276 e. The summed E-state index contributed by atoms with van der Waals surface area (Å²) in [4.78, 5) is 23.3. The number of rotatable bonds is 7. The highest BCUT2D eigenvalue weighted by Gasteiger charge is 2.09.